The Bertz CT molecular complexity index is 275. The maximum atomic E-state index is 2.74. The normalized spacial score (nSPS) is 24.4. The van der Waals surface area contributed by atoms with Gasteiger partial charge in [-0.1, -0.05) is 25.2 Å². The summed E-state index contributed by atoms with van der Waals surface area (Å²) in [6, 6.07) is 3.16. The van der Waals surface area contributed by atoms with Gasteiger partial charge in [0.2, 0.25) is 0 Å². The molecule has 2 aliphatic rings. The van der Waals surface area contributed by atoms with Crippen molar-refractivity contribution in [3.8, 4) is 0 Å². The van der Waals surface area contributed by atoms with E-state index >= 15 is 0 Å². The van der Waals surface area contributed by atoms with Gasteiger partial charge in [0.15, 0.2) is 0 Å². The van der Waals surface area contributed by atoms with Crippen LogP contribution in [0.5, 0.6) is 0 Å². The third-order valence-corrected chi connectivity index (χ3v) is 8.47. The van der Waals surface area contributed by atoms with Gasteiger partial charge in [-0.15, -0.1) is 24.8 Å². The van der Waals surface area contributed by atoms with Gasteiger partial charge in [0.25, 0.3) is 0 Å². The summed E-state index contributed by atoms with van der Waals surface area (Å²) >= 11 is 0. The quantitative estimate of drug-likeness (QED) is 0.714. The molecule has 1 spiro atoms. The van der Waals surface area contributed by atoms with E-state index < -0.39 is 8.07 Å². The fourth-order valence-corrected chi connectivity index (χ4v) is 6.36. The summed E-state index contributed by atoms with van der Waals surface area (Å²) in [6.45, 7) is 10.5. The molecule has 122 valence electrons. The van der Waals surface area contributed by atoms with Gasteiger partial charge in [-0.25, -0.2) is 0 Å². The number of nitrogens with zero attached hydrogens (tertiary/aromatic N) is 2. The lowest BCUT2D eigenvalue weighted by atomic mass is 9.81. The lowest BCUT2D eigenvalue weighted by Crippen LogP contribution is -2.39. The molecule has 0 unspecified atom stereocenters. The van der Waals surface area contributed by atoms with E-state index in [1.165, 1.54) is 51.9 Å². The van der Waals surface area contributed by atoms with E-state index in [2.05, 4.69) is 37.0 Å². The molecule has 0 aromatic rings. The van der Waals surface area contributed by atoms with Crippen molar-refractivity contribution in [2.24, 2.45) is 5.41 Å². The van der Waals surface area contributed by atoms with Crippen LogP contribution < -0.4 is 0 Å². The molecule has 5 heteroatoms. The zero-order valence-electron chi connectivity index (χ0n) is 13.8. The van der Waals surface area contributed by atoms with E-state index in [1.54, 1.807) is 12.1 Å². The molecule has 0 aromatic heterocycles. The molecule has 0 aromatic carbocycles. The molecule has 2 heterocycles. The molecule has 0 radical (unpaired) electrons. The largest absolute Gasteiger partial charge is 0.309 e. The van der Waals surface area contributed by atoms with Crippen molar-refractivity contribution in [3.63, 3.8) is 0 Å². The van der Waals surface area contributed by atoms with Crippen LogP contribution in [0.3, 0.4) is 0 Å². The molecular weight excluding hydrogens is 307 g/mol. The standard InChI is InChI=1S/C15H32N2Si.2ClH/c1-16(2)9-5-10-17-11-6-15(14-17)7-12-18(3,4)13-8-15;;/h5-14H2,1-4H3;2*1H. The van der Waals surface area contributed by atoms with Crippen molar-refractivity contribution in [2.75, 3.05) is 40.3 Å². The lowest BCUT2D eigenvalue weighted by molar-refractivity contribution is 0.225. The summed E-state index contributed by atoms with van der Waals surface area (Å²) in [5, 5.41) is 0. The molecule has 0 atom stereocenters. The molecule has 2 fully saturated rings. The first-order valence-electron chi connectivity index (χ1n) is 7.78. The van der Waals surface area contributed by atoms with Crippen LogP contribution in [0, 0.1) is 5.41 Å². The smallest absolute Gasteiger partial charge is 0.0474 e. The van der Waals surface area contributed by atoms with E-state index in [0.717, 1.165) is 5.41 Å². The summed E-state index contributed by atoms with van der Waals surface area (Å²) < 4.78 is 0. The summed E-state index contributed by atoms with van der Waals surface area (Å²) in [7, 11) is 3.59. The van der Waals surface area contributed by atoms with Crippen molar-refractivity contribution in [1.29, 1.82) is 0 Å². The van der Waals surface area contributed by atoms with Gasteiger partial charge in [0.1, 0.15) is 0 Å². The Labute approximate surface area is 139 Å². The highest BCUT2D eigenvalue weighted by Crippen LogP contribution is 2.46. The van der Waals surface area contributed by atoms with Gasteiger partial charge in [0.05, 0.1) is 0 Å². The van der Waals surface area contributed by atoms with Crippen LogP contribution in [0.25, 0.3) is 0 Å². The minimum atomic E-state index is -0.772. The Morgan fingerprint density at radius 2 is 1.65 bits per heavy atom. The first kappa shape index (κ1) is 20.7. The molecular formula is C15H34Cl2N2Si. The van der Waals surface area contributed by atoms with Gasteiger partial charge >= 0.3 is 0 Å². The van der Waals surface area contributed by atoms with Gasteiger partial charge in [-0.2, -0.15) is 0 Å². The van der Waals surface area contributed by atoms with Crippen molar-refractivity contribution >= 4 is 32.9 Å². The maximum absolute atomic E-state index is 2.74. The summed E-state index contributed by atoms with van der Waals surface area (Å²) in [5.41, 5.74) is 0.737. The van der Waals surface area contributed by atoms with E-state index in [4.69, 9.17) is 0 Å². The number of likely N-dealkylation sites (tertiary alicyclic amines) is 1. The topological polar surface area (TPSA) is 6.48 Å². The highest BCUT2D eigenvalue weighted by Gasteiger charge is 2.43. The second-order valence-corrected chi connectivity index (χ2v) is 13.2. The molecule has 0 saturated carbocycles. The van der Waals surface area contributed by atoms with E-state index in [9.17, 15) is 0 Å². The van der Waals surface area contributed by atoms with Crippen molar-refractivity contribution in [3.05, 3.63) is 0 Å². The van der Waals surface area contributed by atoms with Crippen molar-refractivity contribution < 1.29 is 0 Å². The first-order chi connectivity index (χ1) is 8.41. The van der Waals surface area contributed by atoms with Gasteiger partial charge < -0.3 is 9.80 Å². The fourth-order valence-electron chi connectivity index (χ4n) is 3.69. The minimum absolute atomic E-state index is 0. The highest BCUT2D eigenvalue weighted by molar-refractivity contribution is 6.77. The SMILES string of the molecule is CN(C)CCCN1CCC2(CC[Si](C)(C)CC2)C1.Cl.Cl. The predicted octanol–water partition coefficient (Wildman–Crippen LogP) is 3.98. The van der Waals surface area contributed by atoms with Crippen LogP contribution in [-0.4, -0.2) is 58.1 Å². The number of halogens is 2. The average Bonchev–Trinajstić information content (AvgIpc) is 2.67. The molecule has 2 saturated heterocycles. The lowest BCUT2D eigenvalue weighted by Gasteiger charge is -2.40. The molecule has 0 aliphatic carbocycles. The second kappa shape index (κ2) is 8.38. The molecule has 0 amide bonds. The predicted molar refractivity (Wildman–Crippen MR) is 97.5 cm³/mol. The van der Waals surface area contributed by atoms with Crippen LogP contribution >= 0.6 is 24.8 Å². The van der Waals surface area contributed by atoms with Gasteiger partial charge in [-0.3, -0.25) is 0 Å². The molecule has 2 rings (SSSR count). The zero-order valence-corrected chi connectivity index (χ0v) is 16.4. The number of hydrogen-bond acceptors (Lipinski definition) is 2. The van der Waals surface area contributed by atoms with Crippen LogP contribution in [0.2, 0.25) is 25.2 Å². The summed E-state index contributed by atoms with van der Waals surface area (Å²) in [6.07, 6.45) is 5.90. The van der Waals surface area contributed by atoms with Crippen LogP contribution in [0.1, 0.15) is 25.7 Å². The van der Waals surface area contributed by atoms with Gasteiger partial charge in [-0.05, 0) is 64.8 Å². The van der Waals surface area contributed by atoms with E-state index in [0.29, 0.717) is 0 Å². The summed E-state index contributed by atoms with van der Waals surface area (Å²) in [5.74, 6) is 0. The number of hydrogen-bond donors (Lipinski definition) is 0. The Kier molecular flexibility index (Phi) is 8.68. The van der Waals surface area contributed by atoms with E-state index in [-0.39, 0.29) is 24.8 Å². The maximum Gasteiger partial charge on any atom is 0.0474 e. The molecule has 20 heavy (non-hydrogen) atoms. The van der Waals surface area contributed by atoms with E-state index in [1.807, 2.05) is 0 Å². The third kappa shape index (κ3) is 5.84. The van der Waals surface area contributed by atoms with Crippen molar-refractivity contribution in [2.45, 2.75) is 50.9 Å². The summed E-state index contributed by atoms with van der Waals surface area (Å²) in [4.78, 5) is 5.05. The Hall–Kier alpha value is 0.717. The Morgan fingerprint density at radius 3 is 2.20 bits per heavy atom. The Morgan fingerprint density at radius 1 is 1.05 bits per heavy atom. The fraction of sp³-hybridized carbons (Fsp3) is 1.00. The third-order valence-electron chi connectivity index (χ3n) is 5.26. The molecule has 2 aliphatic heterocycles. The van der Waals surface area contributed by atoms with Crippen LogP contribution in [0.4, 0.5) is 0 Å². The number of rotatable bonds is 4. The minimum Gasteiger partial charge on any atom is -0.309 e. The molecule has 2 nitrogen and oxygen atoms in total. The zero-order chi connectivity index (χ0) is 13.2. The second-order valence-electron chi connectivity index (χ2n) is 7.85. The van der Waals surface area contributed by atoms with Crippen LogP contribution in [-0.2, 0) is 0 Å². The molecule has 0 bridgehead atoms. The van der Waals surface area contributed by atoms with Crippen molar-refractivity contribution in [1.82, 2.24) is 9.80 Å². The monoisotopic (exact) mass is 340 g/mol. The molecule has 0 N–H and O–H groups in total. The van der Waals surface area contributed by atoms with Gasteiger partial charge in [0, 0.05) is 14.6 Å². The first-order valence-corrected chi connectivity index (χ1v) is 11.2. The highest BCUT2D eigenvalue weighted by atomic mass is 35.5. The van der Waals surface area contributed by atoms with Crippen LogP contribution in [0.15, 0.2) is 0 Å². The Balaban J connectivity index is 0.00000180. The average molecular weight is 341 g/mol.